The first-order valence-corrected chi connectivity index (χ1v) is 10.1. The SMILES string of the molecule is COc1ccc(CN2CCOC[C@]3(CC[C@@H](CN4CCCC4)O3)C2)cc1. The summed E-state index contributed by atoms with van der Waals surface area (Å²) in [6.07, 6.45) is 5.34. The van der Waals surface area contributed by atoms with Gasteiger partial charge < -0.3 is 19.1 Å². The van der Waals surface area contributed by atoms with Gasteiger partial charge in [0.2, 0.25) is 0 Å². The highest BCUT2D eigenvalue weighted by Gasteiger charge is 2.43. The zero-order valence-corrected chi connectivity index (χ0v) is 16.0. The number of hydrogen-bond acceptors (Lipinski definition) is 5. The maximum absolute atomic E-state index is 6.61. The lowest BCUT2D eigenvalue weighted by Crippen LogP contribution is -2.45. The van der Waals surface area contributed by atoms with Crippen LogP contribution in [0.25, 0.3) is 0 Å². The van der Waals surface area contributed by atoms with Crippen molar-refractivity contribution >= 4 is 0 Å². The van der Waals surface area contributed by atoms with Gasteiger partial charge in [-0.2, -0.15) is 0 Å². The largest absolute Gasteiger partial charge is 0.497 e. The Bertz CT molecular complexity index is 573. The van der Waals surface area contributed by atoms with Crippen molar-refractivity contribution in [3.05, 3.63) is 29.8 Å². The zero-order chi connectivity index (χ0) is 17.8. The van der Waals surface area contributed by atoms with Crippen LogP contribution in [0.4, 0.5) is 0 Å². The zero-order valence-electron chi connectivity index (χ0n) is 16.0. The predicted molar refractivity (Wildman–Crippen MR) is 102 cm³/mol. The van der Waals surface area contributed by atoms with Crippen molar-refractivity contribution in [1.29, 1.82) is 0 Å². The number of likely N-dealkylation sites (tertiary alicyclic amines) is 1. The smallest absolute Gasteiger partial charge is 0.118 e. The van der Waals surface area contributed by atoms with Gasteiger partial charge in [-0.15, -0.1) is 0 Å². The molecule has 3 fully saturated rings. The van der Waals surface area contributed by atoms with Crippen molar-refractivity contribution in [3.8, 4) is 5.75 Å². The fraction of sp³-hybridized carbons (Fsp3) is 0.714. The number of benzene rings is 1. The summed E-state index contributed by atoms with van der Waals surface area (Å²) in [5.41, 5.74) is 1.20. The van der Waals surface area contributed by atoms with Gasteiger partial charge in [0, 0.05) is 26.2 Å². The van der Waals surface area contributed by atoms with Crippen molar-refractivity contribution in [2.75, 3.05) is 53.0 Å². The van der Waals surface area contributed by atoms with Gasteiger partial charge in [0.1, 0.15) is 11.4 Å². The van der Waals surface area contributed by atoms with Gasteiger partial charge in [-0.1, -0.05) is 12.1 Å². The molecule has 0 aliphatic carbocycles. The normalized spacial score (nSPS) is 30.7. The van der Waals surface area contributed by atoms with Crippen molar-refractivity contribution in [1.82, 2.24) is 9.80 Å². The molecule has 0 amide bonds. The first-order valence-electron chi connectivity index (χ1n) is 10.1. The highest BCUT2D eigenvalue weighted by molar-refractivity contribution is 5.27. The fourth-order valence-corrected chi connectivity index (χ4v) is 4.61. The summed E-state index contributed by atoms with van der Waals surface area (Å²) >= 11 is 0. The number of rotatable bonds is 5. The standard InChI is InChI=1S/C21H32N2O3/c1-24-19-6-4-18(5-7-19)14-23-12-13-25-17-21(16-23)9-8-20(26-21)15-22-10-2-3-11-22/h4-7,20H,2-3,8-17H2,1H3/t20-,21-/m0/s1. The molecule has 0 unspecified atom stereocenters. The van der Waals surface area contributed by atoms with E-state index in [1.54, 1.807) is 7.11 Å². The van der Waals surface area contributed by atoms with E-state index in [9.17, 15) is 0 Å². The van der Waals surface area contributed by atoms with Gasteiger partial charge in [-0.05, 0) is 56.5 Å². The molecule has 5 nitrogen and oxygen atoms in total. The Hall–Kier alpha value is -1.14. The lowest BCUT2D eigenvalue weighted by atomic mass is 9.99. The number of nitrogens with zero attached hydrogens (tertiary/aromatic N) is 2. The number of hydrogen-bond donors (Lipinski definition) is 0. The topological polar surface area (TPSA) is 34.2 Å². The van der Waals surface area contributed by atoms with E-state index < -0.39 is 0 Å². The van der Waals surface area contributed by atoms with Crippen LogP contribution in [0.3, 0.4) is 0 Å². The Morgan fingerprint density at radius 2 is 1.92 bits per heavy atom. The third-order valence-corrected chi connectivity index (χ3v) is 5.99. The summed E-state index contributed by atoms with van der Waals surface area (Å²) in [5.74, 6) is 0.910. The lowest BCUT2D eigenvalue weighted by Gasteiger charge is -2.32. The summed E-state index contributed by atoms with van der Waals surface area (Å²) < 4.78 is 17.8. The molecule has 26 heavy (non-hydrogen) atoms. The molecule has 1 aromatic rings. The van der Waals surface area contributed by atoms with E-state index in [-0.39, 0.29) is 5.60 Å². The van der Waals surface area contributed by atoms with Gasteiger partial charge in [0.05, 0.1) is 26.4 Å². The third kappa shape index (κ3) is 4.39. The van der Waals surface area contributed by atoms with Crippen LogP contribution in [0.15, 0.2) is 24.3 Å². The minimum Gasteiger partial charge on any atom is -0.497 e. The van der Waals surface area contributed by atoms with Gasteiger partial charge in [0.15, 0.2) is 0 Å². The third-order valence-electron chi connectivity index (χ3n) is 5.99. The minimum atomic E-state index is -0.118. The second-order valence-electron chi connectivity index (χ2n) is 8.08. The first-order chi connectivity index (χ1) is 12.7. The Morgan fingerprint density at radius 1 is 1.12 bits per heavy atom. The summed E-state index contributed by atoms with van der Waals surface area (Å²) in [4.78, 5) is 5.06. The molecule has 0 radical (unpaired) electrons. The molecule has 2 atom stereocenters. The minimum absolute atomic E-state index is 0.118. The van der Waals surface area contributed by atoms with Crippen molar-refractivity contribution in [2.24, 2.45) is 0 Å². The van der Waals surface area contributed by atoms with Crippen molar-refractivity contribution in [2.45, 2.75) is 43.9 Å². The average Bonchev–Trinajstić information content (AvgIpc) is 3.25. The van der Waals surface area contributed by atoms with Gasteiger partial charge in [-0.25, -0.2) is 0 Å². The lowest BCUT2D eigenvalue weighted by molar-refractivity contribution is -0.0913. The van der Waals surface area contributed by atoms with Crippen LogP contribution in [0.5, 0.6) is 5.75 Å². The van der Waals surface area contributed by atoms with Crippen molar-refractivity contribution in [3.63, 3.8) is 0 Å². The van der Waals surface area contributed by atoms with Crippen LogP contribution < -0.4 is 4.74 Å². The molecule has 1 aromatic carbocycles. The molecule has 0 bridgehead atoms. The van der Waals surface area contributed by atoms with Crippen LogP contribution in [0.2, 0.25) is 0 Å². The highest BCUT2D eigenvalue weighted by atomic mass is 16.6. The van der Waals surface area contributed by atoms with E-state index >= 15 is 0 Å². The van der Waals surface area contributed by atoms with Crippen LogP contribution in [-0.4, -0.2) is 74.6 Å². The van der Waals surface area contributed by atoms with Crippen LogP contribution in [-0.2, 0) is 16.0 Å². The first kappa shape index (κ1) is 18.2. The molecular weight excluding hydrogens is 328 g/mol. The Morgan fingerprint density at radius 3 is 2.69 bits per heavy atom. The predicted octanol–water partition coefficient (Wildman–Crippen LogP) is 2.54. The van der Waals surface area contributed by atoms with E-state index in [2.05, 4.69) is 21.9 Å². The number of methoxy groups -OCH3 is 1. The quantitative estimate of drug-likeness (QED) is 0.806. The molecule has 1 spiro atoms. The molecule has 0 N–H and O–H groups in total. The summed E-state index contributed by atoms with van der Waals surface area (Å²) in [6, 6.07) is 8.39. The molecule has 3 aliphatic heterocycles. The average molecular weight is 360 g/mol. The summed E-state index contributed by atoms with van der Waals surface area (Å²) in [7, 11) is 1.71. The van der Waals surface area contributed by atoms with E-state index in [4.69, 9.17) is 14.2 Å². The van der Waals surface area contributed by atoms with E-state index in [0.717, 1.165) is 58.0 Å². The van der Waals surface area contributed by atoms with Gasteiger partial charge >= 0.3 is 0 Å². The summed E-state index contributed by atoms with van der Waals surface area (Å²) in [6.45, 7) is 7.99. The van der Waals surface area contributed by atoms with E-state index in [1.165, 1.54) is 31.5 Å². The van der Waals surface area contributed by atoms with Crippen LogP contribution in [0, 0.1) is 0 Å². The molecular formula is C21H32N2O3. The molecule has 3 saturated heterocycles. The monoisotopic (exact) mass is 360 g/mol. The molecule has 144 valence electrons. The molecule has 4 rings (SSSR count). The maximum Gasteiger partial charge on any atom is 0.118 e. The maximum atomic E-state index is 6.61. The molecule has 0 saturated carbocycles. The second-order valence-corrected chi connectivity index (χ2v) is 8.08. The van der Waals surface area contributed by atoms with Gasteiger partial charge in [-0.3, -0.25) is 4.90 Å². The Labute approximate surface area is 157 Å². The molecule has 3 heterocycles. The molecule has 3 aliphatic rings. The Balaban J connectivity index is 1.36. The van der Waals surface area contributed by atoms with E-state index in [1.807, 2.05) is 12.1 Å². The van der Waals surface area contributed by atoms with Crippen molar-refractivity contribution < 1.29 is 14.2 Å². The molecule has 0 aromatic heterocycles. The highest BCUT2D eigenvalue weighted by Crippen LogP contribution is 2.34. The second kappa shape index (κ2) is 8.26. The van der Waals surface area contributed by atoms with Crippen LogP contribution in [0.1, 0.15) is 31.2 Å². The Kier molecular flexibility index (Phi) is 5.79. The van der Waals surface area contributed by atoms with Crippen LogP contribution >= 0.6 is 0 Å². The van der Waals surface area contributed by atoms with Gasteiger partial charge in [0.25, 0.3) is 0 Å². The fourth-order valence-electron chi connectivity index (χ4n) is 4.61. The number of ether oxygens (including phenoxy) is 3. The molecule has 5 heteroatoms. The van der Waals surface area contributed by atoms with E-state index in [0.29, 0.717) is 6.10 Å². The summed E-state index contributed by atoms with van der Waals surface area (Å²) in [5, 5.41) is 0.